The SMILES string of the molecule is CCCCN1C(=O)c2ccccc2NC(=O)C1c1ccc(C2=C(C)ONC2C)c(OC)c1. The number of hydrogen-bond donors (Lipinski definition) is 2. The summed E-state index contributed by atoms with van der Waals surface area (Å²) in [4.78, 5) is 34.0. The van der Waals surface area contributed by atoms with E-state index in [4.69, 9.17) is 9.57 Å². The van der Waals surface area contributed by atoms with E-state index in [1.165, 1.54) is 0 Å². The molecule has 2 aromatic carbocycles. The van der Waals surface area contributed by atoms with E-state index in [9.17, 15) is 9.59 Å². The van der Waals surface area contributed by atoms with Crippen LogP contribution in [0, 0.1) is 0 Å². The first-order valence-electron chi connectivity index (χ1n) is 11.0. The standard InChI is InChI=1S/C25H29N3O4/c1-5-6-13-28-23(24(29)26-20-10-8-7-9-18(20)25(28)30)17-11-12-19(21(14-17)31-4)22-15(2)27-32-16(22)3/h7-12,14-15,23,27H,5-6,13H2,1-4H3,(H,26,29). The minimum Gasteiger partial charge on any atom is -0.496 e. The number of anilines is 1. The van der Waals surface area contributed by atoms with Crippen molar-refractivity contribution in [1.29, 1.82) is 0 Å². The van der Waals surface area contributed by atoms with Gasteiger partial charge in [0.2, 0.25) is 0 Å². The van der Waals surface area contributed by atoms with Gasteiger partial charge in [-0.2, -0.15) is 0 Å². The molecule has 0 aliphatic carbocycles. The Morgan fingerprint density at radius 2 is 1.91 bits per heavy atom. The number of methoxy groups -OCH3 is 1. The van der Waals surface area contributed by atoms with Gasteiger partial charge in [-0.05, 0) is 44.0 Å². The molecule has 0 bridgehead atoms. The zero-order chi connectivity index (χ0) is 22.8. The molecule has 0 fully saturated rings. The van der Waals surface area contributed by atoms with E-state index >= 15 is 0 Å². The Balaban J connectivity index is 1.79. The first-order chi connectivity index (χ1) is 15.5. The summed E-state index contributed by atoms with van der Waals surface area (Å²) in [5.74, 6) is 1.03. The van der Waals surface area contributed by atoms with Crippen molar-refractivity contribution in [3.63, 3.8) is 0 Å². The van der Waals surface area contributed by atoms with Gasteiger partial charge in [-0.25, -0.2) is 0 Å². The molecule has 2 atom stereocenters. The fourth-order valence-corrected chi connectivity index (χ4v) is 4.40. The molecule has 0 saturated carbocycles. The van der Waals surface area contributed by atoms with Gasteiger partial charge in [0.25, 0.3) is 11.8 Å². The zero-order valence-electron chi connectivity index (χ0n) is 18.9. The minimum atomic E-state index is -0.755. The van der Waals surface area contributed by atoms with E-state index in [-0.39, 0.29) is 17.9 Å². The van der Waals surface area contributed by atoms with E-state index in [0.717, 1.165) is 29.7 Å². The maximum absolute atomic E-state index is 13.5. The summed E-state index contributed by atoms with van der Waals surface area (Å²) >= 11 is 0. The number of carbonyl (C=O) groups excluding carboxylic acids is 2. The molecule has 32 heavy (non-hydrogen) atoms. The fourth-order valence-electron chi connectivity index (χ4n) is 4.40. The number of allylic oxidation sites excluding steroid dienone is 1. The molecule has 2 N–H and O–H groups in total. The molecular formula is C25H29N3O4. The highest BCUT2D eigenvalue weighted by Gasteiger charge is 2.36. The third-order valence-corrected chi connectivity index (χ3v) is 6.02. The molecule has 2 heterocycles. The predicted octanol–water partition coefficient (Wildman–Crippen LogP) is 4.29. The molecule has 2 aliphatic rings. The van der Waals surface area contributed by atoms with Gasteiger partial charge in [0.1, 0.15) is 17.6 Å². The lowest BCUT2D eigenvalue weighted by atomic mass is 9.94. The highest BCUT2D eigenvalue weighted by molar-refractivity contribution is 6.10. The number of amides is 2. The predicted molar refractivity (Wildman–Crippen MR) is 123 cm³/mol. The second kappa shape index (κ2) is 9.04. The van der Waals surface area contributed by atoms with Crippen molar-refractivity contribution in [1.82, 2.24) is 10.4 Å². The molecule has 2 aliphatic heterocycles. The van der Waals surface area contributed by atoms with E-state index in [1.807, 2.05) is 44.2 Å². The fraction of sp³-hybridized carbons (Fsp3) is 0.360. The highest BCUT2D eigenvalue weighted by atomic mass is 16.7. The topological polar surface area (TPSA) is 79.9 Å². The van der Waals surface area contributed by atoms with Gasteiger partial charge in [0, 0.05) is 17.7 Å². The Labute approximate surface area is 188 Å². The van der Waals surface area contributed by atoms with Gasteiger partial charge < -0.3 is 19.8 Å². The molecular weight excluding hydrogens is 406 g/mol. The van der Waals surface area contributed by atoms with Crippen molar-refractivity contribution in [2.45, 2.75) is 45.7 Å². The van der Waals surface area contributed by atoms with Crippen LogP contribution in [0.3, 0.4) is 0 Å². The van der Waals surface area contributed by atoms with Crippen LogP contribution in [0.25, 0.3) is 5.57 Å². The first kappa shape index (κ1) is 21.9. The largest absolute Gasteiger partial charge is 0.496 e. The van der Waals surface area contributed by atoms with Gasteiger partial charge in [-0.15, -0.1) is 5.48 Å². The monoisotopic (exact) mass is 435 g/mol. The average Bonchev–Trinajstić information content (AvgIpc) is 3.08. The number of hydrogen-bond acceptors (Lipinski definition) is 5. The molecule has 7 nitrogen and oxygen atoms in total. The number of carbonyl (C=O) groups is 2. The van der Waals surface area contributed by atoms with Crippen LogP contribution < -0.4 is 15.5 Å². The molecule has 0 spiro atoms. The first-order valence-corrected chi connectivity index (χ1v) is 11.0. The van der Waals surface area contributed by atoms with Crippen molar-refractivity contribution in [2.24, 2.45) is 0 Å². The zero-order valence-corrected chi connectivity index (χ0v) is 18.9. The van der Waals surface area contributed by atoms with Crippen molar-refractivity contribution < 1.29 is 19.2 Å². The van der Waals surface area contributed by atoms with Crippen LogP contribution in [-0.4, -0.2) is 36.4 Å². The molecule has 4 rings (SSSR count). The van der Waals surface area contributed by atoms with Crippen LogP contribution in [0.2, 0.25) is 0 Å². The van der Waals surface area contributed by atoms with E-state index in [0.29, 0.717) is 29.1 Å². The number of ether oxygens (including phenoxy) is 1. The Morgan fingerprint density at radius 1 is 1.12 bits per heavy atom. The smallest absolute Gasteiger partial charge is 0.256 e. The third kappa shape index (κ3) is 3.84. The van der Waals surface area contributed by atoms with E-state index in [2.05, 4.69) is 17.7 Å². The number of benzene rings is 2. The molecule has 0 saturated heterocycles. The number of rotatable bonds is 6. The molecule has 0 radical (unpaired) electrons. The second-order valence-electron chi connectivity index (χ2n) is 8.16. The summed E-state index contributed by atoms with van der Waals surface area (Å²) in [5, 5.41) is 2.95. The average molecular weight is 436 g/mol. The molecule has 7 heteroatoms. The van der Waals surface area contributed by atoms with Crippen molar-refractivity contribution in [3.8, 4) is 5.75 Å². The van der Waals surface area contributed by atoms with E-state index < -0.39 is 6.04 Å². The van der Waals surface area contributed by atoms with Crippen LogP contribution in [0.5, 0.6) is 5.75 Å². The van der Waals surface area contributed by atoms with Crippen LogP contribution in [0.1, 0.15) is 61.1 Å². The van der Waals surface area contributed by atoms with E-state index in [1.54, 1.807) is 24.1 Å². The van der Waals surface area contributed by atoms with Crippen LogP contribution in [0.15, 0.2) is 48.2 Å². The number of para-hydroxylation sites is 1. The number of fused-ring (bicyclic) bond motifs is 1. The molecule has 2 amide bonds. The summed E-state index contributed by atoms with van der Waals surface area (Å²) in [5.41, 5.74) is 6.62. The summed E-state index contributed by atoms with van der Waals surface area (Å²) in [6, 6.07) is 12.1. The van der Waals surface area contributed by atoms with Crippen LogP contribution in [-0.2, 0) is 9.63 Å². The number of nitrogens with zero attached hydrogens (tertiary/aromatic N) is 1. The van der Waals surface area contributed by atoms with Crippen LogP contribution >= 0.6 is 0 Å². The van der Waals surface area contributed by atoms with Gasteiger partial charge in [0.15, 0.2) is 0 Å². The third-order valence-electron chi connectivity index (χ3n) is 6.02. The van der Waals surface area contributed by atoms with Crippen LogP contribution in [0.4, 0.5) is 5.69 Å². The maximum atomic E-state index is 13.5. The van der Waals surface area contributed by atoms with Gasteiger partial charge >= 0.3 is 0 Å². The number of nitrogens with one attached hydrogen (secondary N) is 2. The number of unbranched alkanes of at least 4 members (excludes halogenated alkanes) is 1. The number of hydroxylamine groups is 1. The Kier molecular flexibility index (Phi) is 6.19. The normalized spacial score (nSPS) is 20.6. The second-order valence-corrected chi connectivity index (χ2v) is 8.16. The van der Waals surface area contributed by atoms with Crippen molar-refractivity contribution in [2.75, 3.05) is 19.0 Å². The maximum Gasteiger partial charge on any atom is 0.256 e. The van der Waals surface area contributed by atoms with Gasteiger partial charge in [-0.3, -0.25) is 9.59 Å². The summed E-state index contributed by atoms with van der Waals surface area (Å²) in [6.07, 6.45) is 1.72. The molecule has 2 aromatic rings. The molecule has 2 unspecified atom stereocenters. The van der Waals surface area contributed by atoms with Gasteiger partial charge in [0.05, 0.1) is 24.4 Å². The van der Waals surface area contributed by atoms with Crippen molar-refractivity contribution >= 4 is 23.1 Å². The summed E-state index contributed by atoms with van der Waals surface area (Å²) < 4.78 is 5.70. The van der Waals surface area contributed by atoms with Crippen molar-refractivity contribution in [3.05, 3.63) is 64.9 Å². The summed E-state index contributed by atoms with van der Waals surface area (Å²) in [6.45, 7) is 6.48. The highest BCUT2D eigenvalue weighted by Crippen LogP contribution is 2.38. The lowest BCUT2D eigenvalue weighted by Gasteiger charge is -2.29. The quantitative estimate of drug-likeness (QED) is 0.708. The Hall–Kier alpha value is -3.32. The Bertz CT molecular complexity index is 1080. The minimum absolute atomic E-state index is 0.00746. The Morgan fingerprint density at radius 3 is 2.59 bits per heavy atom. The summed E-state index contributed by atoms with van der Waals surface area (Å²) in [7, 11) is 1.61. The lowest BCUT2D eigenvalue weighted by molar-refractivity contribution is -0.120. The molecule has 0 aromatic heterocycles. The van der Waals surface area contributed by atoms with Gasteiger partial charge in [-0.1, -0.05) is 37.6 Å². The molecule has 168 valence electrons. The lowest BCUT2D eigenvalue weighted by Crippen LogP contribution is -2.39.